The first kappa shape index (κ1) is 17.7. The summed E-state index contributed by atoms with van der Waals surface area (Å²) in [6.45, 7) is 1.30. The quantitative estimate of drug-likeness (QED) is 0.837. The Labute approximate surface area is 139 Å². The number of aliphatic carboxylic acids is 1. The molecule has 1 saturated carbocycles. The molecular weight excluding hydrogens is 342 g/mol. The summed E-state index contributed by atoms with van der Waals surface area (Å²) in [7, 11) is -3.95. The van der Waals surface area contributed by atoms with Crippen LogP contribution >= 0.6 is 11.6 Å². The average Bonchev–Trinajstić information content (AvgIpc) is 2.98. The minimum atomic E-state index is -3.95. The van der Waals surface area contributed by atoms with Crippen LogP contribution in [0.5, 0.6) is 0 Å². The van der Waals surface area contributed by atoms with E-state index in [9.17, 15) is 18.0 Å². The van der Waals surface area contributed by atoms with Crippen LogP contribution in [0.4, 0.5) is 0 Å². The van der Waals surface area contributed by atoms with Crippen LogP contribution in [0, 0.1) is 0 Å². The summed E-state index contributed by atoms with van der Waals surface area (Å²) in [5, 5.41) is 11.6. The first-order valence-corrected chi connectivity index (χ1v) is 9.11. The van der Waals surface area contributed by atoms with E-state index < -0.39 is 32.5 Å². The number of halogens is 1. The molecule has 0 radical (unpaired) electrons. The van der Waals surface area contributed by atoms with Crippen molar-refractivity contribution in [1.82, 2.24) is 5.32 Å². The van der Waals surface area contributed by atoms with E-state index >= 15 is 0 Å². The lowest BCUT2D eigenvalue weighted by atomic mass is 10.1. The molecule has 8 heteroatoms. The van der Waals surface area contributed by atoms with Gasteiger partial charge in [0.15, 0.2) is 14.6 Å². The SMILES string of the molecule is CC(NC(=O)C1(S(=O)(=O)c2ccc(Cl)cc2)CCCC1)C(=O)O. The molecular formula is C15H18ClNO5S. The van der Waals surface area contributed by atoms with Gasteiger partial charge in [-0.2, -0.15) is 0 Å². The van der Waals surface area contributed by atoms with Gasteiger partial charge < -0.3 is 10.4 Å². The molecule has 2 N–H and O–H groups in total. The molecule has 1 amide bonds. The van der Waals surface area contributed by atoms with Crippen molar-refractivity contribution in [3.8, 4) is 0 Å². The van der Waals surface area contributed by atoms with Crippen molar-refractivity contribution in [2.75, 3.05) is 0 Å². The molecule has 23 heavy (non-hydrogen) atoms. The van der Waals surface area contributed by atoms with E-state index in [2.05, 4.69) is 5.32 Å². The van der Waals surface area contributed by atoms with E-state index in [4.69, 9.17) is 16.7 Å². The van der Waals surface area contributed by atoms with E-state index in [1.807, 2.05) is 0 Å². The lowest BCUT2D eigenvalue weighted by Gasteiger charge is -2.28. The molecule has 126 valence electrons. The number of carbonyl (C=O) groups excluding carboxylic acids is 1. The molecule has 1 aliphatic rings. The predicted molar refractivity (Wildman–Crippen MR) is 85.1 cm³/mol. The molecule has 0 aromatic heterocycles. The second-order valence-corrected chi connectivity index (χ2v) is 8.39. The van der Waals surface area contributed by atoms with E-state index in [0.717, 1.165) is 0 Å². The summed E-state index contributed by atoms with van der Waals surface area (Å²) in [6, 6.07) is 4.49. The molecule has 1 aromatic carbocycles. The van der Waals surface area contributed by atoms with Crippen LogP contribution in [0.2, 0.25) is 5.02 Å². The molecule has 1 unspecified atom stereocenters. The van der Waals surface area contributed by atoms with Gasteiger partial charge in [0.2, 0.25) is 5.91 Å². The van der Waals surface area contributed by atoms with Crippen LogP contribution in [-0.4, -0.2) is 36.2 Å². The van der Waals surface area contributed by atoms with Crippen LogP contribution in [0.1, 0.15) is 32.6 Å². The Balaban J connectivity index is 2.42. The predicted octanol–water partition coefficient (Wildman–Crippen LogP) is 2.02. The van der Waals surface area contributed by atoms with Crippen LogP contribution in [0.15, 0.2) is 29.2 Å². The number of hydrogen-bond acceptors (Lipinski definition) is 4. The number of benzene rings is 1. The maximum Gasteiger partial charge on any atom is 0.325 e. The second-order valence-electron chi connectivity index (χ2n) is 5.69. The zero-order valence-corrected chi connectivity index (χ0v) is 14.2. The first-order valence-electron chi connectivity index (χ1n) is 7.25. The topological polar surface area (TPSA) is 101 Å². The fourth-order valence-electron chi connectivity index (χ4n) is 2.79. The Bertz CT molecular complexity index is 708. The van der Waals surface area contributed by atoms with Crippen LogP contribution in [-0.2, 0) is 19.4 Å². The van der Waals surface area contributed by atoms with Gasteiger partial charge in [-0.1, -0.05) is 24.4 Å². The fourth-order valence-corrected chi connectivity index (χ4v) is 4.99. The molecule has 0 saturated heterocycles. The van der Waals surface area contributed by atoms with Gasteiger partial charge in [0.1, 0.15) is 6.04 Å². The standard InChI is InChI=1S/C15H18ClNO5S/c1-10(13(18)19)17-14(20)15(8-2-3-9-15)23(21,22)12-6-4-11(16)5-7-12/h4-7,10H,2-3,8-9H2,1H3,(H,17,20)(H,18,19). The highest BCUT2D eigenvalue weighted by Crippen LogP contribution is 2.41. The van der Waals surface area contributed by atoms with Gasteiger partial charge in [0.05, 0.1) is 4.90 Å². The normalized spacial score (nSPS) is 18.3. The van der Waals surface area contributed by atoms with Gasteiger partial charge in [0, 0.05) is 5.02 Å². The summed E-state index contributed by atoms with van der Waals surface area (Å²) in [6.07, 6.45) is 1.55. The van der Waals surface area contributed by atoms with E-state index in [-0.39, 0.29) is 17.7 Å². The molecule has 6 nitrogen and oxygen atoms in total. The molecule has 0 bridgehead atoms. The summed E-state index contributed by atoms with van der Waals surface area (Å²) in [5.74, 6) is -1.96. The Morgan fingerprint density at radius 2 is 1.74 bits per heavy atom. The van der Waals surface area contributed by atoms with Crippen molar-refractivity contribution in [3.63, 3.8) is 0 Å². The number of hydrogen-bond donors (Lipinski definition) is 2. The molecule has 1 fully saturated rings. The largest absolute Gasteiger partial charge is 0.480 e. The maximum absolute atomic E-state index is 13.0. The molecule has 0 aliphatic heterocycles. The number of sulfone groups is 1. The molecule has 1 atom stereocenters. The molecule has 2 rings (SSSR count). The zero-order valence-electron chi connectivity index (χ0n) is 12.6. The third-order valence-corrected chi connectivity index (χ3v) is 6.95. The van der Waals surface area contributed by atoms with E-state index in [0.29, 0.717) is 17.9 Å². The summed E-state index contributed by atoms with van der Waals surface area (Å²) in [4.78, 5) is 23.5. The summed E-state index contributed by atoms with van der Waals surface area (Å²) < 4.78 is 24.4. The highest BCUT2D eigenvalue weighted by atomic mass is 35.5. The van der Waals surface area contributed by atoms with Crippen LogP contribution in [0.25, 0.3) is 0 Å². The zero-order chi connectivity index (χ0) is 17.3. The highest BCUT2D eigenvalue weighted by Gasteiger charge is 2.53. The smallest absolute Gasteiger partial charge is 0.325 e. The van der Waals surface area contributed by atoms with Crippen molar-refractivity contribution in [1.29, 1.82) is 0 Å². The fraction of sp³-hybridized carbons (Fsp3) is 0.467. The number of rotatable bonds is 5. The monoisotopic (exact) mass is 359 g/mol. The number of carboxylic acid groups (broad SMARTS) is 1. The Kier molecular flexibility index (Phi) is 5.01. The number of carboxylic acids is 1. The van der Waals surface area contributed by atoms with E-state index in [1.165, 1.54) is 31.2 Å². The van der Waals surface area contributed by atoms with Crippen LogP contribution in [0.3, 0.4) is 0 Å². The van der Waals surface area contributed by atoms with Gasteiger partial charge in [-0.15, -0.1) is 0 Å². The Morgan fingerprint density at radius 1 is 1.22 bits per heavy atom. The molecule has 1 aromatic rings. The van der Waals surface area contributed by atoms with Crippen molar-refractivity contribution in [2.24, 2.45) is 0 Å². The minimum absolute atomic E-state index is 0.0157. The second kappa shape index (κ2) is 6.49. The van der Waals surface area contributed by atoms with Gasteiger partial charge >= 0.3 is 5.97 Å². The van der Waals surface area contributed by atoms with Gasteiger partial charge in [-0.25, -0.2) is 8.42 Å². The lowest BCUT2D eigenvalue weighted by Crippen LogP contribution is -2.54. The van der Waals surface area contributed by atoms with Gasteiger partial charge in [-0.05, 0) is 44.0 Å². The number of amides is 1. The first-order chi connectivity index (χ1) is 10.7. The van der Waals surface area contributed by atoms with Gasteiger partial charge in [0.25, 0.3) is 0 Å². The van der Waals surface area contributed by atoms with Crippen molar-refractivity contribution in [3.05, 3.63) is 29.3 Å². The highest BCUT2D eigenvalue weighted by molar-refractivity contribution is 7.93. The Hall–Kier alpha value is -1.60. The molecule has 0 heterocycles. The van der Waals surface area contributed by atoms with Crippen molar-refractivity contribution >= 4 is 33.3 Å². The molecule has 1 aliphatic carbocycles. The number of carbonyl (C=O) groups is 2. The third kappa shape index (κ3) is 3.21. The third-order valence-electron chi connectivity index (χ3n) is 4.18. The average molecular weight is 360 g/mol. The van der Waals surface area contributed by atoms with Crippen molar-refractivity contribution < 1.29 is 23.1 Å². The maximum atomic E-state index is 13.0. The minimum Gasteiger partial charge on any atom is -0.480 e. The van der Waals surface area contributed by atoms with E-state index in [1.54, 1.807) is 0 Å². The van der Waals surface area contributed by atoms with Crippen LogP contribution < -0.4 is 5.32 Å². The van der Waals surface area contributed by atoms with Crippen molar-refractivity contribution in [2.45, 2.75) is 48.3 Å². The summed E-state index contributed by atoms with van der Waals surface area (Å²) in [5.41, 5.74) is 0. The Morgan fingerprint density at radius 3 is 2.22 bits per heavy atom. The lowest BCUT2D eigenvalue weighted by molar-refractivity contribution is -0.141. The molecule has 0 spiro atoms. The number of nitrogens with one attached hydrogen (secondary N) is 1. The van der Waals surface area contributed by atoms with Gasteiger partial charge in [-0.3, -0.25) is 9.59 Å². The summed E-state index contributed by atoms with van der Waals surface area (Å²) >= 11 is 5.78.